The highest BCUT2D eigenvalue weighted by Gasteiger charge is 2.12. The van der Waals surface area contributed by atoms with E-state index in [1.807, 2.05) is 0 Å². The Morgan fingerprint density at radius 3 is 2.62 bits per heavy atom. The van der Waals surface area contributed by atoms with Crippen molar-refractivity contribution in [2.45, 2.75) is 0 Å². The molecule has 0 saturated carbocycles. The topological polar surface area (TPSA) is 100 Å². The molecule has 0 atom stereocenters. The summed E-state index contributed by atoms with van der Waals surface area (Å²) < 4.78 is 0. The molecular weight excluding hydrogens is 174 g/mol. The highest BCUT2D eigenvalue weighted by Crippen LogP contribution is 2.13. The van der Waals surface area contributed by atoms with E-state index in [2.05, 4.69) is 5.43 Å². The lowest BCUT2D eigenvalue weighted by molar-refractivity contribution is -0.535. The summed E-state index contributed by atoms with van der Waals surface area (Å²) in [6, 6.07) is 5.82. The molecule has 1 amide bonds. The molecule has 13 heavy (non-hydrogen) atoms. The van der Waals surface area contributed by atoms with Crippen LogP contribution in [0.4, 0.5) is 5.69 Å². The fourth-order valence-corrected chi connectivity index (χ4v) is 0.857. The van der Waals surface area contributed by atoms with Crippen molar-refractivity contribution < 1.29 is 9.83 Å². The number of nitro groups is 1. The van der Waals surface area contributed by atoms with Crippen LogP contribution < -0.4 is 11.2 Å². The molecular formula is C7H6N3O3. The third-order valence-corrected chi connectivity index (χ3v) is 1.36. The number of primary amides is 1. The predicted molar refractivity (Wildman–Crippen MR) is 43.7 cm³/mol. The van der Waals surface area contributed by atoms with E-state index in [9.17, 15) is 14.9 Å². The number of carbonyl (C=O) groups excluding carboxylic acids is 1. The summed E-state index contributed by atoms with van der Waals surface area (Å²) in [4.78, 5) is 20.8. The molecule has 0 spiro atoms. The van der Waals surface area contributed by atoms with E-state index in [4.69, 9.17) is 5.73 Å². The molecule has 6 nitrogen and oxygen atoms in total. The first-order valence-electron chi connectivity index (χ1n) is 3.36. The van der Waals surface area contributed by atoms with Gasteiger partial charge in [0, 0.05) is 0 Å². The second-order valence-electron chi connectivity index (χ2n) is 2.22. The molecule has 1 radical (unpaired) electrons. The summed E-state index contributed by atoms with van der Waals surface area (Å²) in [7, 11) is 0. The molecule has 0 saturated heterocycles. The maximum Gasteiger partial charge on any atom is 0.251 e. The summed E-state index contributed by atoms with van der Waals surface area (Å²) in [5, 5.41) is 9.16. The highest BCUT2D eigenvalue weighted by molar-refractivity contribution is 5.97. The standard InChI is InChI=1S/C7H6N3O3/c8-7(11)5-3-1-2-4-6(5)9-10(12)13/h1-4H,(H2,8,11). The number of benzene rings is 1. The molecule has 0 bridgehead atoms. The zero-order chi connectivity index (χ0) is 9.84. The van der Waals surface area contributed by atoms with Gasteiger partial charge >= 0.3 is 0 Å². The third-order valence-electron chi connectivity index (χ3n) is 1.36. The molecule has 0 aliphatic heterocycles. The Balaban J connectivity index is 3.04. The van der Waals surface area contributed by atoms with E-state index in [-0.39, 0.29) is 11.3 Å². The Labute approximate surface area is 73.5 Å². The lowest BCUT2D eigenvalue weighted by atomic mass is 10.2. The van der Waals surface area contributed by atoms with Crippen molar-refractivity contribution in [1.29, 1.82) is 0 Å². The number of hydrogen-bond acceptors (Lipinski definition) is 3. The van der Waals surface area contributed by atoms with E-state index < -0.39 is 10.9 Å². The van der Waals surface area contributed by atoms with Crippen LogP contribution in [0, 0.1) is 10.1 Å². The van der Waals surface area contributed by atoms with Gasteiger partial charge in [0.2, 0.25) is 0 Å². The fourth-order valence-electron chi connectivity index (χ4n) is 0.857. The summed E-state index contributed by atoms with van der Waals surface area (Å²) in [6.07, 6.45) is 0. The largest absolute Gasteiger partial charge is 0.366 e. The Bertz CT molecular complexity index is 351. The first kappa shape index (κ1) is 8.98. The molecule has 67 valence electrons. The van der Waals surface area contributed by atoms with E-state index in [0.717, 1.165) is 0 Å². The summed E-state index contributed by atoms with van der Waals surface area (Å²) in [5.74, 6) is -0.735. The quantitative estimate of drug-likeness (QED) is 0.531. The Morgan fingerprint density at radius 1 is 1.46 bits per heavy atom. The molecule has 1 aromatic carbocycles. The van der Waals surface area contributed by atoms with Crippen molar-refractivity contribution in [3.05, 3.63) is 39.9 Å². The second-order valence-corrected chi connectivity index (χ2v) is 2.22. The lowest BCUT2D eigenvalue weighted by Crippen LogP contribution is -2.16. The Morgan fingerprint density at radius 2 is 2.08 bits per heavy atom. The maximum atomic E-state index is 10.7. The van der Waals surface area contributed by atoms with Gasteiger partial charge in [0.05, 0.1) is 11.0 Å². The molecule has 2 N–H and O–H groups in total. The van der Waals surface area contributed by atoms with Crippen LogP contribution in [0.5, 0.6) is 0 Å². The van der Waals surface area contributed by atoms with Crippen molar-refractivity contribution >= 4 is 11.6 Å². The van der Waals surface area contributed by atoms with Crippen LogP contribution in [0.1, 0.15) is 10.4 Å². The molecule has 1 rings (SSSR count). The van der Waals surface area contributed by atoms with E-state index in [0.29, 0.717) is 0 Å². The smallest absolute Gasteiger partial charge is 0.251 e. The maximum absolute atomic E-state index is 10.7. The lowest BCUT2D eigenvalue weighted by Gasteiger charge is -1.98. The van der Waals surface area contributed by atoms with Gasteiger partial charge in [-0.3, -0.25) is 4.79 Å². The zero-order valence-corrected chi connectivity index (χ0v) is 6.51. The first-order valence-corrected chi connectivity index (χ1v) is 3.36. The number of nitrogens with two attached hydrogens (primary N) is 1. The summed E-state index contributed by atoms with van der Waals surface area (Å²) in [6.45, 7) is 0. The number of carbonyl (C=O) groups is 1. The van der Waals surface area contributed by atoms with Gasteiger partial charge < -0.3 is 5.73 Å². The second kappa shape index (κ2) is 3.53. The van der Waals surface area contributed by atoms with Crippen LogP contribution in [0.3, 0.4) is 0 Å². The summed E-state index contributed by atoms with van der Waals surface area (Å²) >= 11 is 0. The molecule has 1 aromatic rings. The van der Waals surface area contributed by atoms with Gasteiger partial charge in [-0.05, 0) is 12.1 Å². The molecule has 0 heterocycles. The van der Waals surface area contributed by atoms with Gasteiger partial charge in [-0.15, -0.1) is 0 Å². The molecule has 0 aromatic heterocycles. The number of nitrogens with zero attached hydrogens (tertiary/aromatic N) is 2. The number of rotatable bonds is 3. The fraction of sp³-hybridized carbons (Fsp3) is 0. The Hall–Kier alpha value is -2.11. The van der Waals surface area contributed by atoms with Crippen LogP contribution in [0.25, 0.3) is 0 Å². The van der Waals surface area contributed by atoms with E-state index >= 15 is 0 Å². The average Bonchev–Trinajstić information content (AvgIpc) is 2.03. The van der Waals surface area contributed by atoms with Crippen molar-refractivity contribution in [3.8, 4) is 0 Å². The van der Waals surface area contributed by atoms with E-state index in [1.165, 1.54) is 18.2 Å². The predicted octanol–water partition coefficient (Wildman–Crippen LogP) is 0.213. The van der Waals surface area contributed by atoms with Gasteiger partial charge in [0.15, 0.2) is 5.03 Å². The minimum atomic E-state index is -0.873. The third kappa shape index (κ3) is 2.16. The van der Waals surface area contributed by atoms with Crippen LogP contribution >= 0.6 is 0 Å². The van der Waals surface area contributed by atoms with Gasteiger partial charge in [-0.25, -0.2) is 10.1 Å². The number of amides is 1. The van der Waals surface area contributed by atoms with Crippen LogP contribution in [-0.2, 0) is 0 Å². The van der Waals surface area contributed by atoms with Crippen molar-refractivity contribution in [1.82, 2.24) is 5.43 Å². The van der Waals surface area contributed by atoms with E-state index in [1.54, 1.807) is 6.07 Å². The summed E-state index contributed by atoms with van der Waals surface area (Å²) in [5.41, 5.74) is 7.98. The first-order chi connectivity index (χ1) is 6.11. The van der Waals surface area contributed by atoms with Crippen LogP contribution in [0.15, 0.2) is 24.3 Å². The zero-order valence-electron chi connectivity index (χ0n) is 6.51. The number of hydrogen-bond donors (Lipinski definition) is 1. The molecule has 0 aliphatic carbocycles. The normalized spacial score (nSPS) is 9.23. The van der Waals surface area contributed by atoms with Crippen molar-refractivity contribution in [3.63, 3.8) is 0 Å². The van der Waals surface area contributed by atoms with Gasteiger partial charge in [0.1, 0.15) is 5.69 Å². The molecule has 0 fully saturated rings. The minimum Gasteiger partial charge on any atom is -0.366 e. The molecule has 0 aliphatic rings. The van der Waals surface area contributed by atoms with Crippen molar-refractivity contribution in [2.75, 3.05) is 0 Å². The van der Waals surface area contributed by atoms with Crippen LogP contribution in [0.2, 0.25) is 0 Å². The van der Waals surface area contributed by atoms with Crippen LogP contribution in [-0.4, -0.2) is 10.9 Å². The van der Waals surface area contributed by atoms with Gasteiger partial charge in [0.25, 0.3) is 5.91 Å². The monoisotopic (exact) mass is 180 g/mol. The molecule has 6 heteroatoms. The SMILES string of the molecule is NC(=O)c1ccccc1[N][N+](=O)[O-]. The Kier molecular flexibility index (Phi) is 2.44. The van der Waals surface area contributed by atoms with Gasteiger partial charge in [-0.1, -0.05) is 12.1 Å². The van der Waals surface area contributed by atoms with Crippen molar-refractivity contribution in [2.24, 2.45) is 5.73 Å². The van der Waals surface area contributed by atoms with Gasteiger partial charge in [-0.2, -0.15) is 0 Å². The average molecular weight is 180 g/mol. The minimum absolute atomic E-state index is 0.0278. The highest BCUT2D eigenvalue weighted by atomic mass is 16.7. The molecule has 0 unspecified atom stereocenters.